The average molecular weight is 301 g/mol. The molecule has 0 saturated carbocycles. The first kappa shape index (κ1) is 15.0. The molecule has 5 heteroatoms. The van der Waals surface area contributed by atoms with Gasteiger partial charge < -0.3 is 15.0 Å². The molecule has 1 N–H and O–H groups in total. The summed E-state index contributed by atoms with van der Waals surface area (Å²) >= 11 is 0. The largest absolute Gasteiger partial charge is 0.378 e. The molecule has 1 atom stereocenters. The lowest BCUT2D eigenvalue weighted by atomic mass is 9.93. The molecule has 1 amide bonds. The summed E-state index contributed by atoms with van der Waals surface area (Å²) in [6.07, 6.45) is 8.88. The Morgan fingerprint density at radius 3 is 3.00 bits per heavy atom. The van der Waals surface area contributed by atoms with Crippen LogP contribution in [0, 0.1) is 5.92 Å². The van der Waals surface area contributed by atoms with Crippen molar-refractivity contribution in [2.75, 3.05) is 31.2 Å². The van der Waals surface area contributed by atoms with E-state index in [-0.39, 0.29) is 11.8 Å². The Morgan fingerprint density at radius 1 is 1.36 bits per heavy atom. The highest BCUT2D eigenvalue weighted by Gasteiger charge is 2.20. The summed E-state index contributed by atoms with van der Waals surface area (Å²) in [4.78, 5) is 19.0. The molecule has 0 unspecified atom stereocenters. The maximum atomic E-state index is 12.3. The van der Waals surface area contributed by atoms with E-state index in [2.05, 4.69) is 27.4 Å². The van der Waals surface area contributed by atoms with Crippen LogP contribution >= 0.6 is 0 Å². The molecular weight excluding hydrogens is 278 g/mol. The van der Waals surface area contributed by atoms with E-state index in [0.29, 0.717) is 6.54 Å². The van der Waals surface area contributed by atoms with Crippen molar-refractivity contribution < 1.29 is 9.53 Å². The van der Waals surface area contributed by atoms with Gasteiger partial charge in [-0.15, -0.1) is 0 Å². The van der Waals surface area contributed by atoms with Gasteiger partial charge in [0.05, 0.1) is 13.2 Å². The van der Waals surface area contributed by atoms with Crippen molar-refractivity contribution in [1.82, 2.24) is 10.3 Å². The molecule has 22 heavy (non-hydrogen) atoms. The first-order chi connectivity index (χ1) is 10.8. The van der Waals surface area contributed by atoms with Gasteiger partial charge in [0.1, 0.15) is 5.82 Å². The fourth-order valence-corrected chi connectivity index (χ4v) is 2.99. The van der Waals surface area contributed by atoms with Gasteiger partial charge in [-0.25, -0.2) is 4.98 Å². The van der Waals surface area contributed by atoms with Crippen molar-refractivity contribution in [1.29, 1.82) is 0 Å². The number of hydrogen-bond donors (Lipinski definition) is 1. The topological polar surface area (TPSA) is 54.5 Å². The predicted molar refractivity (Wildman–Crippen MR) is 85.6 cm³/mol. The zero-order valence-corrected chi connectivity index (χ0v) is 12.8. The predicted octanol–water partition coefficient (Wildman–Crippen LogP) is 1.89. The molecular formula is C17H23N3O2. The maximum Gasteiger partial charge on any atom is 0.223 e. The summed E-state index contributed by atoms with van der Waals surface area (Å²) in [5.74, 6) is 1.24. The second-order valence-electron chi connectivity index (χ2n) is 5.78. The third-order valence-corrected chi connectivity index (χ3v) is 4.27. The van der Waals surface area contributed by atoms with Crippen LogP contribution in [0.25, 0.3) is 0 Å². The SMILES string of the molecule is O=C(NCc1cccnc1N1CCOCC1)[C@@H]1CC=CCC1. The lowest BCUT2D eigenvalue weighted by Crippen LogP contribution is -2.38. The fourth-order valence-electron chi connectivity index (χ4n) is 2.99. The highest BCUT2D eigenvalue weighted by atomic mass is 16.5. The molecule has 1 aromatic rings. The minimum Gasteiger partial charge on any atom is -0.378 e. The van der Waals surface area contributed by atoms with Gasteiger partial charge in [0.15, 0.2) is 0 Å². The number of carbonyl (C=O) groups excluding carboxylic acids is 1. The Bertz CT molecular complexity index is 538. The minimum absolute atomic E-state index is 0.119. The lowest BCUT2D eigenvalue weighted by Gasteiger charge is -2.29. The quantitative estimate of drug-likeness (QED) is 0.863. The molecule has 3 rings (SSSR count). The molecule has 1 aliphatic carbocycles. The van der Waals surface area contributed by atoms with Crippen molar-refractivity contribution >= 4 is 11.7 Å². The number of amides is 1. The number of aromatic nitrogens is 1. The number of allylic oxidation sites excluding steroid dienone is 2. The highest BCUT2D eigenvalue weighted by Crippen LogP contribution is 2.20. The van der Waals surface area contributed by atoms with Crippen LogP contribution in [0.5, 0.6) is 0 Å². The van der Waals surface area contributed by atoms with Gasteiger partial charge in [-0.3, -0.25) is 4.79 Å². The van der Waals surface area contributed by atoms with E-state index >= 15 is 0 Å². The molecule has 2 heterocycles. The van der Waals surface area contributed by atoms with E-state index in [1.807, 2.05) is 18.3 Å². The van der Waals surface area contributed by atoms with Crippen LogP contribution in [-0.2, 0) is 16.1 Å². The number of rotatable bonds is 4. The van der Waals surface area contributed by atoms with E-state index in [1.54, 1.807) is 0 Å². The first-order valence-electron chi connectivity index (χ1n) is 8.04. The Balaban J connectivity index is 1.62. The molecule has 1 fully saturated rings. The molecule has 0 radical (unpaired) electrons. The molecule has 1 aromatic heterocycles. The van der Waals surface area contributed by atoms with Crippen LogP contribution in [-0.4, -0.2) is 37.2 Å². The molecule has 0 bridgehead atoms. The van der Waals surface area contributed by atoms with Crippen LogP contribution < -0.4 is 10.2 Å². The molecule has 118 valence electrons. The summed E-state index contributed by atoms with van der Waals surface area (Å²) in [6.45, 7) is 3.71. The number of pyridine rings is 1. The van der Waals surface area contributed by atoms with E-state index in [4.69, 9.17) is 4.74 Å². The van der Waals surface area contributed by atoms with Gasteiger partial charge >= 0.3 is 0 Å². The number of hydrogen-bond acceptors (Lipinski definition) is 4. The van der Waals surface area contributed by atoms with Crippen LogP contribution in [0.15, 0.2) is 30.5 Å². The monoisotopic (exact) mass is 301 g/mol. The molecule has 1 aliphatic heterocycles. The third kappa shape index (κ3) is 3.65. The number of carbonyl (C=O) groups is 1. The Morgan fingerprint density at radius 2 is 2.23 bits per heavy atom. The number of morpholine rings is 1. The molecule has 2 aliphatic rings. The van der Waals surface area contributed by atoms with Crippen molar-refractivity contribution in [2.24, 2.45) is 5.92 Å². The molecule has 0 spiro atoms. The lowest BCUT2D eigenvalue weighted by molar-refractivity contribution is -0.125. The molecule has 0 aromatic carbocycles. The van der Waals surface area contributed by atoms with Crippen LogP contribution in [0.3, 0.4) is 0 Å². The van der Waals surface area contributed by atoms with Gasteiger partial charge in [-0.05, 0) is 25.3 Å². The Hall–Kier alpha value is -1.88. The van der Waals surface area contributed by atoms with Gasteiger partial charge in [0.2, 0.25) is 5.91 Å². The Kier molecular flexibility index (Phi) is 5.06. The zero-order valence-electron chi connectivity index (χ0n) is 12.8. The zero-order chi connectivity index (χ0) is 15.2. The fraction of sp³-hybridized carbons (Fsp3) is 0.529. The second kappa shape index (κ2) is 7.40. The van der Waals surface area contributed by atoms with E-state index in [9.17, 15) is 4.79 Å². The summed E-state index contributed by atoms with van der Waals surface area (Å²) in [6, 6.07) is 3.97. The van der Waals surface area contributed by atoms with Gasteiger partial charge in [-0.1, -0.05) is 18.2 Å². The summed E-state index contributed by atoms with van der Waals surface area (Å²) in [7, 11) is 0. The minimum atomic E-state index is 0.119. The van der Waals surface area contributed by atoms with Crippen LogP contribution in [0.4, 0.5) is 5.82 Å². The van der Waals surface area contributed by atoms with Gasteiger partial charge in [0, 0.05) is 37.3 Å². The number of nitrogens with zero attached hydrogens (tertiary/aromatic N) is 2. The average Bonchev–Trinajstić information content (AvgIpc) is 2.61. The van der Waals surface area contributed by atoms with Crippen molar-refractivity contribution in [3.63, 3.8) is 0 Å². The number of anilines is 1. The summed E-state index contributed by atoms with van der Waals surface area (Å²) in [5.41, 5.74) is 1.07. The normalized spacial score (nSPS) is 21.6. The molecule has 1 saturated heterocycles. The van der Waals surface area contributed by atoms with Crippen LogP contribution in [0.1, 0.15) is 24.8 Å². The first-order valence-corrected chi connectivity index (χ1v) is 8.04. The van der Waals surface area contributed by atoms with Crippen LogP contribution in [0.2, 0.25) is 0 Å². The van der Waals surface area contributed by atoms with Crippen molar-refractivity contribution in [3.8, 4) is 0 Å². The molecule has 5 nitrogen and oxygen atoms in total. The number of nitrogens with one attached hydrogen (secondary N) is 1. The van der Waals surface area contributed by atoms with Gasteiger partial charge in [0.25, 0.3) is 0 Å². The second-order valence-corrected chi connectivity index (χ2v) is 5.78. The summed E-state index contributed by atoms with van der Waals surface area (Å²) < 4.78 is 5.39. The maximum absolute atomic E-state index is 12.3. The third-order valence-electron chi connectivity index (χ3n) is 4.27. The highest BCUT2D eigenvalue weighted by molar-refractivity contribution is 5.79. The van der Waals surface area contributed by atoms with Gasteiger partial charge in [-0.2, -0.15) is 0 Å². The standard InChI is InChI=1S/C17H23N3O2/c21-17(14-5-2-1-3-6-14)19-13-15-7-4-8-18-16(15)20-9-11-22-12-10-20/h1-2,4,7-8,14H,3,5-6,9-13H2,(H,19,21)/t14-/m1/s1. The van der Waals surface area contributed by atoms with Crippen molar-refractivity contribution in [3.05, 3.63) is 36.0 Å². The Labute approximate surface area is 131 Å². The number of ether oxygens (including phenoxy) is 1. The van der Waals surface area contributed by atoms with Crippen molar-refractivity contribution in [2.45, 2.75) is 25.8 Å². The summed E-state index contributed by atoms with van der Waals surface area (Å²) in [5, 5.41) is 3.08. The smallest absolute Gasteiger partial charge is 0.223 e. The van der Waals surface area contributed by atoms with E-state index < -0.39 is 0 Å². The van der Waals surface area contributed by atoms with E-state index in [1.165, 1.54) is 0 Å². The van der Waals surface area contributed by atoms with E-state index in [0.717, 1.165) is 56.9 Å².